The summed E-state index contributed by atoms with van der Waals surface area (Å²) in [6, 6.07) is 0. The summed E-state index contributed by atoms with van der Waals surface area (Å²) in [4.78, 5) is 14.6. The van der Waals surface area contributed by atoms with Crippen LogP contribution in [0.25, 0.3) is 0 Å². The molecule has 0 spiro atoms. The Labute approximate surface area is 96.7 Å². The van der Waals surface area contributed by atoms with Gasteiger partial charge in [-0.2, -0.15) is 0 Å². The van der Waals surface area contributed by atoms with Gasteiger partial charge in [0.05, 0.1) is 18.7 Å². The number of hydrogen-bond acceptors (Lipinski definition) is 5. The highest BCUT2D eigenvalue weighted by atomic mass is 32.2. The van der Waals surface area contributed by atoms with Crippen LogP contribution in [0.4, 0.5) is 0 Å². The van der Waals surface area contributed by atoms with Crippen LogP contribution in [0, 0.1) is 0 Å². The number of carbonyl (C=O) groups is 1. The molecule has 0 unspecified atom stereocenters. The third kappa shape index (κ3) is 5.15. The van der Waals surface area contributed by atoms with E-state index in [1.165, 1.54) is 11.3 Å². The second-order valence-electron chi connectivity index (χ2n) is 2.72. The fourth-order valence-electron chi connectivity index (χ4n) is 0.923. The molecule has 0 fully saturated rings. The van der Waals surface area contributed by atoms with Crippen LogP contribution < -0.4 is 0 Å². The van der Waals surface area contributed by atoms with Crippen LogP contribution in [-0.4, -0.2) is 35.0 Å². The SMILES string of the molecule is CCOCCSc1nc(CC(=O)O)cs1. The highest BCUT2D eigenvalue weighted by Crippen LogP contribution is 2.22. The Morgan fingerprint density at radius 2 is 2.53 bits per heavy atom. The molecule has 4 nitrogen and oxygen atoms in total. The molecule has 0 bridgehead atoms. The standard InChI is InChI=1S/C9H13NO3S2/c1-2-13-3-4-14-9-10-7(6-15-9)5-8(11)12/h6H,2-5H2,1H3,(H,11,12). The molecule has 0 aromatic carbocycles. The summed E-state index contributed by atoms with van der Waals surface area (Å²) < 4.78 is 6.10. The summed E-state index contributed by atoms with van der Waals surface area (Å²) in [6.07, 6.45) is 0.00250. The van der Waals surface area contributed by atoms with Crippen molar-refractivity contribution in [3.05, 3.63) is 11.1 Å². The Kier molecular flexibility index (Phi) is 5.67. The average Bonchev–Trinajstić information content (AvgIpc) is 2.59. The minimum atomic E-state index is -0.842. The van der Waals surface area contributed by atoms with Crippen molar-refractivity contribution in [3.8, 4) is 0 Å². The van der Waals surface area contributed by atoms with Crippen molar-refractivity contribution >= 4 is 29.1 Å². The number of nitrogens with zero attached hydrogens (tertiary/aromatic N) is 1. The first kappa shape index (κ1) is 12.5. The van der Waals surface area contributed by atoms with Gasteiger partial charge >= 0.3 is 5.97 Å². The molecule has 0 aliphatic rings. The molecule has 0 saturated heterocycles. The average molecular weight is 247 g/mol. The quantitative estimate of drug-likeness (QED) is 0.589. The van der Waals surface area contributed by atoms with Crippen molar-refractivity contribution in [1.82, 2.24) is 4.98 Å². The summed E-state index contributed by atoms with van der Waals surface area (Å²) in [5.41, 5.74) is 0.631. The van der Waals surface area contributed by atoms with Crippen molar-refractivity contribution in [2.24, 2.45) is 0 Å². The van der Waals surface area contributed by atoms with Crippen molar-refractivity contribution < 1.29 is 14.6 Å². The number of hydrogen-bond donors (Lipinski definition) is 1. The zero-order chi connectivity index (χ0) is 11.1. The van der Waals surface area contributed by atoms with Gasteiger partial charge in [0, 0.05) is 17.7 Å². The van der Waals surface area contributed by atoms with Crippen LogP contribution in [0.2, 0.25) is 0 Å². The lowest BCUT2D eigenvalue weighted by molar-refractivity contribution is -0.136. The van der Waals surface area contributed by atoms with E-state index in [4.69, 9.17) is 9.84 Å². The molecule has 0 amide bonds. The highest BCUT2D eigenvalue weighted by molar-refractivity contribution is 8.01. The highest BCUT2D eigenvalue weighted by Gasteiger charge is 2.06. The third-order valence-corrected chi connectivity index (χ3v) is 3.55. The van der Waals surface area contributed by atoms with Crippen LogP contribution >= 0.6 is 23.1 Å². The van der Waals surface area contributed by atoms with Crippen LogP contribution in [-0.2, 0) is 16.0 Å². The molecule has 1 rings (SSSR count). The van der Waals surface area contributed by atoms with Gasteiger partial charge < -0.3 is 9.84 Å². The fraction of sp³-hybridized carbons (Fsp3) is 0.556. The van der Waals surface area contributed by atoms with E-state index in [9.17, 15) is 4.79 Å². The number of thiazole rings is 1. The van der Waals surface area contributed by atoms with Crippen LogP contribution in [0.15, 0.2) is 9.72 Å². The third-order valence-electron chi connectivity index (χ3n) is 1.52. The first-order valence-corrected chi connectivity index (χ1v) is 6.45. The zero-order valence-electron chi connectivity index (χ0n) is 8.43. The maximum Gasteiger partial charge on any atom is 0.309 e. The van der Waals surface area contributed by atoms with Crippen molar-refractivity contribution in [1.29, 1.82) is 0 Å². The Morgan fingerprint density at radius 1 is 1.73 bits per heavy atom. The second-order valence-corrected chi connectivity index (χ2v) is 4.92. The smallest absolute Gasteiger partial charge is 0.309 e. The number of aromatic nitrogens is 1. The Morgan fingerprint density at radius 3 is 3.20 bits per heavy atom. The molecule has 0 aliphatic heterocycles. The molecular weight excluding hydrogens is 234 g/mol. The normalized spacial score (nSPS) is 10.5. The van der Waals surface area contributed by atoms with Crippen LogP contribution in [0.1, 0.15) is 12.6 Å². The summed E-state index contributed by atoms with van der Waals surface area (Å²) >= 11 is 3.08. The molecule has 1 aromatic heterocycles. The topological polar surface area (TPSA) is 59.4 Å². The molecule has 15 heavy (non-hydrogen) atoms. The number of aliphatic carboxylic acids is 1. The number of thioether (sulfide) groups is 1. The van der Waals surface area contributed by atoms with Crippen molar-refractivity contribution in [2.75, 3.05) is 19.0 Å². The molecular formula is C9H13NO3S2. The van der Waals surface area contributed by atoms with Gasteiger partial charge in [-0.1, -0.05) is 11.8 Å². The zero-order valence-corrected chi connectivity index (χ0v) is 10.1. The molecule has 0 radical (unpaired) electrons. The minimum absolute atomic E-state index is 0.00250. The Hall–Kier alpha value is -0.590. The first-order valence-electron chi connectivity index (χ1n) is 4.59. The van der Waals surface area contributed by atoms with E-state index in [-0.39, 0.29) is 6.42 Å². The summed E-state index contributed by atoms with van der Waals surface area (Å²) in [7, 11) is 0. The molecule has 1 N–H and O–H groups in total. The Balaban J connectivity index is 2.29. The van der Waals surface area contributed by atoms with Crippen LogP contribution in [0.3, 0.4) is 0 Å². The monoisotopic (exact) mass is 247 g/mol. The summed E-state index contributed by atoms with van der Waals surface area (Å²) in [5, 5.41) is 10.3. The first-order chi connectivity index (χ1) is 7.22. The Bertz CT molecular complexity index is 314. The van der Waals surface area contributed by atoms with E-state index in [1.807, 2.05) is 6.92 Å². The summed E-state index contributed by atoms with van der Waals surface area (Å²) in [6.45, 7) is 3.39. The van der Waals surface area contributed by atoms with E-state index in [2.05, 4.69) is 4.98 Å². The van der Waals surface area contributed by atoms with Gasteiger partial charge in [-0.25, -0.2) is 4.98 Å². The molecule has 0 aliphatic carbocycles. The molecule has 1 heterocycles. The van der Waals surface area contributed by atoms with Crippen molar-refractivity contribution in [2.45, 2.75) is 17.7 Å². The largest absolute Gasteiger partial charge is 0.481 e. The molecule has 1 aromatic rings. The van der Waals surface area contributed by atoms with Crippen molar-refractivity contribution in [3.63, 3.8) is 0 Å². The predicted octanol–water partition coefficient (Wildman–Crippen LogP) is 1.90. The van der Waals surface area contributed by atoms with Crippen LogP contribution in [0.5, 0.6) is 0 Å². The number of carboxylic acids is 1. The maximum absolute atomic E-state index is 10.4. The lowest BCUT2D eigenvalue weighted by atomic mass is 10.3. The molecule has 0 saturated carbocycles. The fourth-order valence-corrected chi connectivity index (χ4v) is 2.69. The van der Waals surface area contributed by atoms with Gasteiger partial charge in [-0.15, -0.1) is 11.3 Å². The van der Waals surface area contributed by atoms with Gasteiger partial charge in [-0.3, -0.25) is 4.79 Å². The van der Waals surface area contributed by atoms with Gasteiger partial charge in [-0.05, 0) is 6.92 Å². The van der Waals surface area contributed by atoms with E-state index in [0.29, 0.717) is 12.3 Å². The molecule has 84 valence electrons. The van der Waals surface area contributed by atoms with E-state index in [0.717, 1.165) is 16.7 Å². The van der Waals surface area contributed by atoms with Gasteiger partial charge in [0.15, 0.2) is 0 Å². The maximum atomic E-state index is 10.4. The predicted molar refractivity (Wildman–Crippen MR) is 60.7 cm³/mol. The number of ether oxygens (including phenoxy) is 1. The van der Waals surface area contributed by atoms with Gasteiger partial charge in [0.2, 0.25) is 0 Å². The second kappa shape index (κ2) is 6.81. The van der Waals surface area contributed by atoms with Gasteiger partial charge in [0.1, 0.15) is 4.34 Å². The van der Waals surface area contributed by atoms with E-state index in [1.54, 1.807) is 17.1 Å². The lowest BCUT2D eigenvalue weighted by Gasteiger charge is -1.97. The summed E-state index contributed by atoms with van der Waals surface area (Å²) in [5.74, 6) is 0.0135. The molecule has 0 atom stereocenters. The number of rotatable bonds is 7. The van der Waals surface area contributed by atoms with E-state index < -0.39 is 5.97 Å². The lowest BCUT2D eigenvalue weighted by Crippen LogP contribution is -2.00. The van der Waals surface area contributed by atoms with E-state index >= 15 is 0 Å². The molecule has 6 heteroatoms. The van der Waals surface area contributed by atoms with Gasteiger partial charge in [0.25, 0.3) is 0 Å². The minimum Gasteiger partial charge on any atom is -0.481 e. The number of carboxylic acid groups (broad SMARTS) is 1.